The van der Waals surface area contributed by atoms with Crippen molar-refractivity contribution in [3.05, 3.63) is 136 Å². The lowest BCUT2D eigenvalue weighted by molar-refractivity contribution is -0.136. The Balaban J connectivity index is 1.45. The molecule has 0 spiro atoms. The lowest BCUT2D eigenvalue weighted by Crippen LogP contribution is -2.16. The maximum atomic E-state index is 13.3. The topological polar surface area (TPSA) is 75.1 Å². The Morgan fingerprint density at radius 2 is 1.66 bits per heavy atom. The van der Waals surface area contributed by atoms with E-state index in [-0.39, 0.29) is 18.3 Å². The summed E-state index contributed by atoms with van der Waals surface area (Å²) in [5.41, 5.74) is 8.40. The van der Waals surface area contributed by atoms with E-state index in [9.17, 15) is 14.3 Å². The third-order valence-electron chi connectivity index (χ3n) is 6.96. The Kier molecular flexibility index (Phi) is 8.41. The van der Waals surface area contributed by atoms with Crippen LogP contribution in [0.3, 0.4) is 0 Å². The van der Waals surface area contributed by atoms with Crippen molar-refractivity contribution in [3.63, 3.8) is 0 Å². The van der Waals surface area contributed by atoms with Gasteiger partial charge in [0.25, 0.3) is 0 Å². The van der Waals surface area contributed by atoms with Crippen LogP contribution in [0.15, 0.2) is 97.6 Å². The summed E-state index contributed by atoms with van der Waals surface area (Å²) in [5, 5.41) is 13.2. The van der Waals surface area contributed by atoms with Crippen LogP contribution in [-0.2, 0) is 24.1 Å². The van der Waals surface area contributed by atoms with E-state index in [1.807, 2.05) is 73.7 Å². The van der Waals surface area contributed by atoms with Gasteiger partial charge in [0.1, 0.15) is 5.82 Å². The number of hydrogen-bond donors (Lipinski definition) is 2. The van der Waals surface area contributed by atoms with Gasteiger partial charge in [-0.2, -0.15) is 0 Å². The number of rotatable bonds is 10. The molecule has 41 heavy (non-hydrogen) atoms. The van der Waals surface area contributed by atoms with Gasteiger partial charge in [-0.15, -0.1) is 0 Å². The third-order valence-corrected chi connectivity index (χ3v) is 7.21. The molecule has 4 aromatic carbocycles. The first kappa shape index (κ1) is 28.0. The number of nitrogens with zero attached hydrogens (tertiary/aromatic N) is 2. The van der Waals surface area contributed by atoms with Crippen LogP contribution in [0.1, 0.15) is 40.9 Å². The Morgan fingerprint density at radius 1 is 0.927 bits per heavy atom. The van der Waals surface area contributed by atoms with Gasteiger partial charge in [-0.3, -0.25) is 4.79 Å². The number of hydrogen-bond acceptors (Lipinski definition) is 4. The number of halogens is 2. The maximum Gasteiger partial charge on any atom is 0.307 e. The highest BCUT2D eigenvalue weighted by Crippen LogP contribution is 2.28. The van der Waals surface area contributed by atoms with Crippen LogP contribution in [0.25, 0.3) is 28.0 Å². The van der Waals surface area contributed by atoms with Gasteiger partial charge in [-0.1, -0.05) is 72.8 Å². The molecule has 0 unspecified atom stereocenters. The summed E-state index contributed by atoms with van der Waals surface area (Å²) in [7, 11) is 0. The summed E-state index contributed by atoms with van der Waals surface area (Å²) in [6.45, 7) is 6.23. The number of carboxylic acids is 1. The number of carboxylic acid groups (broad SMARTS) is 1. The first-order valence-corrected chi connectivity index (χ1v) is 13.7. The summed E-state index contributed by atoms with van der Waals surface area (Å²) in [6, 6.07) is 27.4. The monoisotopic (exact) mass is 565 g/mol. The molecular weight excluding hydrogens is 537 g/mol. The second-order valence-electron chi connectivity index (χ2n) is 10.0. The van der Waals surface area contributed by atoms with Gasteiger partial charge >= 0.3 is 5.97 Å². The maximum absolute atomic E-state index is 13.3. The van der Waals surface area contributed by atoms with E-state index in [1.54, 1.807) is 12.1 Å². The van der Waals surface area contributed by atoms with E-state index in [2.05, 4.69) is 11.9 Å². The van der Waals surface area contributed by atoms with Gasteiger partial charge < -0.3 is 10.4 Å². The van der Waals surface area contributed by atoms with Crippen LogP contribution >= 0.6 is 11.6 Å². The van der Waals surface area contributed by atoms with Gasteiger partial charge in [0.15, 0.2) is 0 Å². The first-order valence-electron chi connectivity index (χ1n) is 13.3. The highest BCUT2D eigenvalue weighted by Gasteiger charge is 2.14. The molecule has 1 heterocycles. The molecule has 1 atom stereocenters. The van der Waals surface area contributed by atoms with E-state index in [4.69, 9.17) is 21.6 Å². The summed E-state index contributed by atoms with van der Waals surface area (Å²) >= 11 is 6.15. The van der Waals surface area contributed by atoms with Crippen molar-refractivity contribution in [2.75, 3.05) is 0 Å². The Morgan fingerprint density at radius 3 is 2.39 bits per heavy atom. The number of aryl methyl sites for hydroxylation is 2. The molecule has 5 rings (SSSR count). The smallest absolute Gasteiger partial charge is 0.307 e. The molecule has 5 aromatic rings. The van der Waals surface area contributed by atoms with Gasteiger partial charge in [0, 0.05) is 22.3 Å². The van der Waals surface area contributed by atoms with Crippen LogP contribution in [0.2, 0.25) is 5.02 Å². The van der Waals surface area contributed by atoms with Gasteiger partial charge in [-0.05, 0) is 78.4 Å². The van der Waals surface area contributed by atoms with E-state index < -0.39 is 5.97 Å². The molecule has 5 nitrogen and oxygen atoms in total. The molecule has 1 aromatic heterocycles. The number of benzene rings is 4. The van der Waals surface area contributed by atoms with Crippen molar-refractivity contribution in [1.82, 2.24) is 15.3 Å². The van der Waals surface area contributed by atoms with Crippen molar-refractivity contribution < 1.29 is 14.3 Å². The Labute approximate surface area is 243 Å². The zero-order valence-corrected chi connectivity index (χ0v) is 23.3. The van der Waals surface area contributed by atoms with Gasteiger partial charge in [0.05, 0.1) is 28.8 Å². The molecule has 0 aliphatic heterocycles. The fraction of sp³-hybridized carbons (Fsp3) is 0.147. The lowest BCUT2D eigenvalue weighted by atomic mass is 10.0. The molecule has 0 fully saturated rings. The van der Waals surface area contributed by atoms with Crippen LogP contribution in [0.5, 0.6) is 0 Å². The summed E-state index contributed by atoms with van der Waals surface area (Å²) in [6.07, 6.45) is 1.28. The van der Waals surface area contributed by atoms with Gasteiger partial charge in [-0.25, -0.2) is 14.4 Å². The third kappa shape index (κ3) is 6.97. The molecule has 0 aliphatic carbocycles. The molecule has 7 heteroatoms. The second-order valence-corrected chi connectivity index (χ2v) is 10.5. The normalized spacial score (nSPS) is 11.8. The fourth-order valence-electron chi connectivity index (χ4n) is 4.80. The predicted molar refractivity (Wildman–Crippen MR) is 162 cm³/mol. The molecule has 0 aliphatic rings. The molecule has 0 amide bonds. The fourth-order valence-corrected chi connectivity index (χ4v) is 4.93. The molecule has 0 saturated heterocycles. The number of aliphatic carboxylic acids is 1. The molecule has 0 bridgehead atoms. The summed E-state index contributed by atoms with van der Waals surface area (Å²) < 4.78 is 13.3. The summed E-state index contributed by atoms with van der Waals surface area (Å²) in [5.74, 6) is -1.12. The van der Waals surface area contributed by atoms with E-state index in [0.717, 1.165) is 55.9 Å². The lowest BCUT2D eigenvalue weighted by Gasteiger charge is -2.18. The zero-order valence-electron chi connectivity index (χ0n) is 22.6. The van der Waals surface area contributed by atoms with Crippen molar-refractivity contribution in [3.8, 4) is 11.3 Å². The van der Waals surface area contributed by atoms with Crippen molar-refractivity contribution >= 4 is 34.3 Å². The second kappa shape index (κ2) is 12.3. The number of carbonyl (C=O) groups is 1. The largest absolute Gasteiger partial charge is 0.481 e. The van der Waals surface area contributed by atoms with Crippen molar-refractivity contribution in [2.24, 2.45) is 0 Å². The Bertz CT molecular complexity index is 1720. The number of fused-ring (bicyclic) bond motifs is 1. The first-order chi connectivity index (χ1) is 19.7. The number of nitrogens with one attached hydrogen (secondary N) is 1. The highest BCUT2D eigenvalue weighted by molar-refractivity contribution is 6.30. The number of aromatic nitrogens is 2. The molecule has 0 saturated carbocycles. The average molecular weight is 566 g/mol. The van der Waals surface area contributed by atoms with E-state index >= 15 is 0 Å². The summed E-state index contributed by atoms with van der Waals surface area (Å²) in [4.78, 5) is 21.2. The van der Waals surface area contributed by atoms with Crippen LogP contribution in [0.4, 0.5) is 4.39 Å². The standard InChI is InChI=1S/C34H29ClFN3O2/c1-21(25-9-14-29(36)15-10-25)37-22(2)27-11-17-30-32(20-27)38-31(34(39-30)26-7-12-28(35)13-8-26)16-6-23-4-3-5-24(18-23)19-33(40)41/h3-5,7-15,17-18,20-21,37H,2,6,16,19H2,1H3,(H,40,41)/t21-/m0/s1. The Hall–Kier alpha value is -4.55. The minimum Gasteiger partial charge on any atom is -0.481 e. The van der Waals surface area contributed by atoms with Crippen LogP contribution < -0.4 is 5.32 Å². The molecular formula is C34H29ClFN3O2. The molecule has 2 N–H and O–H groups in total. The van der Waals surface area contributed by atoms with E-state index in [1.165, 1.54) is 12.1 Å². The van der Waals surface area contributed by atoms with Crippen molar-refractivity contribution in [2.45, 2.75) is 32.2 Å². The van der Waals surface area contributed by atoms with Crippen LogP contribution in [0, 0.1) is 5.82 Å². The predicted octanol–water partition coefficient (Wildman–Crippen LogP) is 7.82. The van der Waals surface area contributed by atoms with Gasteiger partial charge in [0.2, 0.25) is 0 Å². The SMILES string of the molecule is C=C(N[C@@H](C)c1ccc(F)cc1)c1ccc2nc(-c3ccc(Cl)cc3)c(CCc3cccc(CC(=O)O)c3)nc2c1. The molecule has 206 valence electrons. The van der Waals surface area contributed by atoms with Crippen LogP contribution in [-0.4, -0.2) is 21.0 Å². The average Bonchev–Trinajstić information content (AvgIpc) is 2.96. The minimum atomic E-state index is -0.855. The highest BCUT2D eigenvalue weighted by atomic mass is 35.5. The van der Waals surface area contributed by atoms with E-state index in [0.29, 0.717) is 17.9 Å². The van der Waals surface area contributed by atoms with Crippen molar-refractivity contribution in [1.29, 1.82) is 0 Å². The molecule has 0 radical (unpaired) electrons. The zero-order chi connectivity index (χ0) is 28.9. The quantitative estimate of drug-likeness (QED) is 0.180. The minimum absolute atomic E-state index is 0.0138.